The van der Waals surface area contributed by atoms with Gasteiger partial charge in [0.15, 0.2) is 5.65 Å². The lowest BCUT2D eigenvalue weighted by molar-refractivity contribution is -0.0389. The average Bonchev–Trinajstić information content (AvgIpc) is 3.64. The van der Waals surface area contributed by atoms with E-state index in [0.29, 0.717) is 82.3 Å². The third kappa shape index (κ3) is 5.48. The minimum absolute atomic E-state index is 0.0609. The van der Waals surface area contributed by atoms with Crippen molar-refractivity contribution < 1.29 is 22.3 Å². The lowest BCUT2D eigenvalue weighted by atomic mass is 9.81. The van der Waals surface area contributed by atoms with Gasteiger partial charge in [0.1, 0.15) is 22.6 Å². The molecular formula is C33H31ClF2N4O3S2. The number of likely N-dealkylation sites (tertiary alicyclic amines) is 1. The van der Waals surface area contributed by atoms with Crippen molar-refractivity contribution in [2.24, 2.45) is 0 Å². The summed E-state index contributed by atoms with van der Waals surface area (Å²) in [6.45, 7) is 3.32. The molecule has 45 heavy (non-hydrogen) atoms. The van der Waals surface area contributed by atoms with E-state index >= 15 is 4.39 Å². The molecule has 1 aliphatic carbocycles. The highest BCUT2D eigenvalue weighted by Gasteiger charge is 2.39. The zero-order valence-electron chi connectivity index (χ0n) is 24.5. The fourth-order valence-electron chi connectivity index (χ4n) is 6.08. The highest BCUT2D eigenvalue weighted by atomic mass is 35.5. The van der Waals surface area contributed by atoms with Gasteiger partial charge in [-0.1, -0.05) is 41.4 Å². The van der Waals surface area contributed by atoms with Gasteiger partial charge in [-0.05, 0) is 63.3 Å². The highest BCUT2D eigenvalue weighted by molar-refractivity contribution is 7.90. The lowest BCUT2D eigenvalue weighted by Crippen LogP contribution is -2.34. The molecule has 1 saturated carbocycles. The average molecular weight is 669 g/mol. The van der Waals surface area contributed by atoms with Gasteiger partial charge < -0.3 is 5.11 Å². The van der Waals surface area contributed by atoms with Gasteiger partial charge in [-0.3, -0.25) is 4.90 Å². The van der Waals surface area contributed by atoms with Gasteiger partial charge >= 0.3 is 0 Å². The topological polar surface area (TPSA) is 88.3 Å². The Hall–Kier alpha value is -3.22. The number of aromatic nitrogens is 3. The molecule has 1 saturated heterocycles. The molecule has 2 fully saturated rings. The number of piperidine rings is 1. The molecule has 234 valence electrons. The molecule has 4 heterocycles. The zero-order valence-corrected chi connectivity index (χ0v) is 26.9. The molecule has 0 radical (unpaired) electrons. The normalized spacial score (nSPS) is 17.5. The molecule has 0 bridgehead atoms. The first-order chi connectivity index (χ1) is 21.5. The summed E-state index contributed by atoms with van der Waals surface area (Å²) in [6.07, 6.45) is 5.26. The predicted molar refractivity (Wildman–Crippen MR) is 172 cm³/mol. The molecule has 12 heteroatoms. The standard InChI is InChI=1S/C33H31ClF2N4O3S2/c1-20-3-7-24(8-4-20)45(42,43)40-28(21-5-6-22(27(36)15-21)19-39-13-9-23(35)10-14-39)16-25-30(26(34)17-37-31(25)40)29-18-38-32(44-29)33(41)11-2-12-33/h3-8,15-18,23,41H,2,9-14,19H2,1H3. The van der Waals surface area contributed by atoms with E-state index in [2.05, 4.69) is 9.97 Å². The Bertz CT molecular complexity index is 2020. The van der Waals surface area contributed by atoms with Crippen LogP contribution >= 0.6 is 22.9 Å². The van der Waals surface area contributed by atoms with Gasteiger partial charge in [-0.25, -0.2) is 31.1 Å². The van der Waals surface area contributed by atoms with E-state index in [-0.39, 0.29) is 16.2 Å². The van der Waals surface area contributed by atoms with Crippen molar-refractivity contribution in [2.75, 3.05) is 13.1 Å². The molecular weight excluding hydrogens is 638 g/mol. The summed E-state index contributed by atoms with van der Waals surface area (Å²) in [5.74, 6) is -0.480. The Balaban J connectivity index is 1.38. The number of thiazole rings is 1. The van der Waals surface area contributed by atoms with Crippen molar-refractivity contribution in [3.8, 4) is 21.7 Å². The summed E-state index contributed by atoms with van der Waals surface area (Å²) in [4.78, 5) is 11.7. The fourth-order valence-corrected chi connectivity index (χ4v) is 9.00. The largest absolute Gasteiger partial charge is 0.383 e. The number of nitrogens with zero attached hydrogens (tertiary/aromatic N) is 4. The zero-order chi connectivity index (χ0) is 31.5. The number of benzene rings is 2. The Morgan fingerprint density at radius 1 is 1.07 bits per heavy atom. The van der Waals surface area contributed by atoms with E-state index in [0.717, 1.165) is 16.0 Å². The second-order valence-corrected chi connectivity index (χ2v) is 15.2. The van der Waals surface area contributed by atoms with Crippen LogP contribution < -0.4 is 0 Å². The quantitative estimate of drug-likeness (QED) is 0.194. The second-order valence-electron chi connectivity index (χ2n) is 12.0. The highest BCUT2D eigenvalue weighted by Crippen LogP contribution is 2.47. The maximum atomic E-state index is 15.7. The smallest absolute Gasteiger partial charge is 0.269 e. The molecule has 0 unspecified atom stereocenters. The van der Waals surface area contributed by atoms with Crippen LogP contribution in [0.25, 0.3) is 32.7 Å². The fraction of sp³-hybridized carbons (Fsp3) is 0.333. The molecule has 5 aromatic rings. The van der Waals surface area contributed by atoms with E-state index in [1.54, 1.807) is 36.5 Å². The van der Waals surface area contributed by atoms with Crippen LogP contribution in [-0.4, -0.2) is 51.6 Å². The summed E-state index contributed by atoms with van der Waals surface area (Å²) in [5.41, 5.74) is 1.65. The summed E-state index contributed by atoms with van der Waals surface area (Å²) in [7, 11) is -4.20. The lowest BCUT2D eigenvalue weighted by Gasteiger charge is -2.34. The van der Waals surface area contributed by atoms with Crippen molar-refractivity contribution in [1.82, 2.24) is 18.8 Å². The van der Waals surface area contributed by atoms with Crippen LogP contribution in [0.15, 0.2) is 65.8 Å². The monoisotopic (exact) mass is 668 g/mol. The Morgan fingerprint density at radius 3 is 2.47 bits per heavy atom. The number of hydrogen-bond acceptors (Lipinski definition) is 7. The van der Waals surface area contributed by atoms with E-state index < -0.39 is 27.6 Å². The molecule has 2 aliphatic rings. The molecule has 2 aromatic carbocycles. The van der Waals surface area contributed by atoms with Crippen LogP contribution in [0, 0.1) is 12.7 Å². The van der Waals surface area contributed by atoms with E-state index in [1.165, 1.54) is 35.7 Å². The molecule has 1 N–H and O–H groups in total. The Morgan fingerprint density at radius 2 is 1.80 bits per heavy atom. The summed E-state index contributed by atoms with van der Waals surface area (Å²) in [5, 5.41) is 12.2. The maximum Gasteiger partial charge on any atom is 0.269 e. The Kier molecular flexibility index (Phi) is 7.80. The van der Waals surface area contributed by atoms with Crippen LogP contribution in [0.1, 0.15) is 48.2 Å². The number of pyridine rings is 1. The van der Waals surface area contributed by atoms with Crippen LogP contribution in [0.3, 0.4) is 0 Å². The third-order valence-electron chi connectivity index (χ3n) is 8.89. The van der Waals surface area contributed by atoms with Gasteiger partial charge in [0, 0.05) is 54.1 Å². The predicted octanol–water partition coefficient (Wildman–Crippen LogP) is 7.47. The number of alkyl halides is 1. The Labute approximate surface area is 269 Å². The first kappa shape index (κ1) is 30.4. The first-order valence-corrected chi connectivity index (χ1v) is 17.5. The van der Waals surface area contributed by atoms with Crippen LogP contribution in [0.5, 0.6) is 0 Å². The molecule has 0 atom stereocenters. The number of halogens is 3. The molecule has 7 nitrogen and oxygen atoms in total. The van der Waals surface area contributed by atoms with Gasteiger partial charge in [-0.2, -0.15) is 0 Å². The number of rotatable bonds is 7. The van der Waals surface area contributed by atoms with Crippen molar-refractivity contribution >= 4 is 44.0 Å². The second kappa shape index (κ2) is 11.5. The van der Waals surface area contributed by atoms with Gasteiger partial charge in [0.05, 0.1) is 20.5 Å². The molecule has 0 spiro atoms. The number of hydrogen-bond donors (Lipinski definition) is 1. The summed E-state index contributed by atoms with van der Waals surface area (Å²) in [6, 6.07) is 12.9. The van der Waals surface area contributed by atoms with E-state index in [1.807, 2.05) is 11.8 Å². The van der Waals surface area contributed by atoms with Gasteiger partial charge in [-0.15, -0.1) is 11.3 Å². The molecule has 7 rings (SSSR count). The number of fused-ring (bicyclic) bond motifs is 1. The minimum atomic E-state index is -4.20. The SMILES string of the molecule is Cc1ccc(S(=O)(=O)n2c(-c3ccc(CN4CCC(F)CC4)c(F)c3)cc3c(-c4cnc(C5(O)CCC5)s4)c(Cl)cnc32)cc1. The van der Waals surface area contributed by atoms with E-state index in [4.69, 9.17) is 11.6 Å². The summed E-state index contributed by atoms with van der Waals surface area (Å²) < 4.78 is 59.0. The van der Waals surface area contributed by atoms with E-state index in [9.17, 15) is 17.9 Å². The molecule has 1 aliphatic heterocycles. The van der Waals surface area contributed by atoms with Gasteiger partial charge in [0.25, 0.3) is 10.0 Å². The van der Waals surface area contributed by atoms with Crippen LogP contribution in [0.4, 0.5) is 8.78 Å². The third-order valence-corrected chi connectivity index (χ3v) is 12.1. The number of aryl methyl sites for hydroxylation is 1. The van der Waals surface area contributed by atoms with Gasteiger partial charge in [0.2, 0.25) is 0 Å². The van der Waals surface area contributed by atoms with Crippen LogP contribution in [-0.2, 0) is 22.2 Å². The van der Waals surface area contributed by atoms with Crippen molar-refractivity contribution in [2.45, 2.75) is 62.2 Å². The minimum Gasteiger partial charge on any atom is -0.383 e. The van der Waals surface area contributed by atoms with Crippen molar-refractivity contribution in [3.05, 3.63) is 87.9 Å². The number of aliphatic hydroxyl groups is 1. The maximum absolute atomic E-state index is 15.7. The van der Waals surface area contributed by atoms with Crippen molar-refractivity contribution in [1.29, 1.82) is 0 Å². The molecule has 3 aromatic heterocycles. The first-order valence-electron chi connectivity index (χ1n) is 14.9. The molecule has 0 amide bonds. The van der Waals surface area contributed by atoms with Crippen molar-refractivity contribution in [3.63, 3.8) is 0 Å². The summed E-state index contributed by atoms with van der Waals surface area (Å²) >= 11 is 8.04. The van der Waals surface area contributed by atoms with Crippen LogP contribution in [0.2, 0.25) is 5.02 Å².